The van der Waals surface area contributed by atoms with Crippen molar-refractivity contribution in [3.63, 3.8) is 0 Å². The van der Waals surface area contributed by atoms with Gasteiger partial charge < -0.3 is 0 Å². The van der Waals surface area contributed by atoms with Crippen molar-refractivity contribution in [2.24, 2.45) is 0 Å². The van der Waals surface area contributed by atoms with Crippen LogP contribution in [0.1, 0.15) is 47.0 Å². The van der Waals surface area contributed by atoms with E-state index in [0.717, 1.165) is 5.82 Å². The summed E-state index contributed by atoms with van der Waals surface area (Å²) in [5.41, 5.74) is 0.294. The third kappa shape index (κ3) is 2.34. The Kier molecular flexibility index (Phi) is 3.32. The molecule has 1 aliphatic heterocycles. The van der Waals surface area contributed by atoms with E-state index in [0.29, 0.717) is 0 Å². The van der Waals surface area contributed by atoms with E-state index in [1.54, 1.807) is 6.20 Å². The van der Waals surface area contributed by atoms with Crippen molar-refractivity contribution >= 4 is 5.82 Å². The number of hydrogen-bond donors (Lipinski definition) is 0. The Morgan fingerprint density at radius 1 is 1.17 bits per heavy atom. The Labute approximate surface area is 110 Å². The van der Waals surface area contributed by atoms with Crippen molar-refractivity contribution in [1.82, 2.24) is 15.2 Å². The molecular weight excluding hydrogens is 224 g/mol. The van der Waals surface area contributed by atoms with Gasteiger partial charge in [-0.3, -0.25) is 5.01 Å². The van der Waals surface area contributed by atoms with Gasteiger partial charge in [0, 0.05) is 24.3 Å². The lowest BCUT2D eigenvalue weighted by Gasteiger charge is -2.56. The zero-order chi connectivity index (χ0) is 13.4. The van der Waals surface area contributed by atoms with Crippen LogP contribution in [0.4, 0.5) is 5.82 Å². The highest BCUT2D eigenvalue weighted by Gasteiger charge is 2.44. The highest BCUT2D eigenvalue weighted by atomic mass is 15.7. The molecule has 1 aromatic rings. The summed E-state index contributed by atoms with van der Waals surface area (Å²) in [6, 6.07) is 3.94. The zero-order valence-electron chi connectivity index (χ0n) is 12.1. The summed E-state index contributed by atoms with van der Waals surface area (Å²) in [6.45, 7) is 9.23. The SMILES string of the molecule is CN(c1cccnn1)N1C(C)(C)CCCC1(C)C. The Hall–Kier alpha value is -1.16. The van der Waals surface area contributed by atoms with Gasteiger partial charge in [0.1, 0.15) is 0 Å². The Bertz CT molecular complexity index is 384. The summed E-state index contributed by atoms with van der Waals surface area (Å²) in [5.74, 6) is 0.903. The summed E-state index contributed by atoms with van der Waals surface area (Å²) in [6.07, 6.45) is 5.41. The van der Waals surface area contributed by atoms with E-state index in [9.17, 15) is 0 Å². The number of hydrogen-bond acceptors (Lipinski definition) is 4. The van der Waals surface area contributed by atoms with Gasteiger partial charge in [0.05, 0.1) is 0 Å². The smallest absolute Gasteiger partial charge is 0.165 e. The summed E-state index contributed by atoms with van der Waals surface area (Å²) >= 11 is 0. The van der Waals surface area contributed by atoms with Crippen LogP contribution in [-0.4, -0.2) is 33.3 Å². The fourth-order valence-electron chi connectivity index (χ4n) is 3.37. The fourth-order valence-corrected chi connectivity index (χ4v) is 3.37. The summed E-state index contributed by atoms with van der Waals surface area (Å²) < 4.78 is 0. The van der Waals surface area contributed by atoms with E-state index in [2.05, 4.69) is 55.0 Å². The second-order valence-electron chi connectivity index (χ2n) is 6.40. The fraction of sp³-hybridized carbons (Fsp3) is 0.714. The molecule has 0 saturated carbocycles. The standard InChI is InChI=1S/C14H24N4/c1-13(2)9-7-10-14(3,4)18(13)17(5)12-8-6-11-15-16-12/h6,8,11H,7,9-10H2,1-5H3. The molecule has 1 aliphatic rings. The first-order chi connectivity index (χ1) is 8.34. The van der Waals surface area contributed by atoms with Crippen molar-refractivity contribution in [2.75, 3.05) is 12.1 Å². The molecule has 1 aromatic heterocycles. The van der Waals surface area contributed by atoms with Crippen LogP contribution in [0.15, 0.2) is 18.3 Å². The average molecular weight is 248 g/mol. The molecule has 2 heterocycles. The Morgan fingerprint density at radius 3 is 2.28 bits per heavy atom. The lowest BCUT2D eigenvalue weighted by molar-refractivity contribution is -0.0332. The van der Waals surface area contributed by atoms with Crippen molar-refractivity contribution in [3.05, 3.63) is 18.3 Å². The van der Waals surface area contributed by atoms with Crippen LogP contribution in [0.5, 0.6) is 0 Å². The molecule has 0 aliphatic carbocycles. The summed E-state index contributed by atoms with van der Waals surface area (Å²) in [4.78, 5) is 0. The topological polar surface area (TPSA) is 32.3 Å². The molecule has 100 valence electrons. The number of hydrazine groups is 1. The predicted molar refractivity (Wildman–Crippen MR) is 74.3 cm³/mol. The molecule has 0 aromatic carbocycles. The number of aromatic nitrogens is 2. The van der Waals surface area contributed by atoms with Gasteiger partial charge in [-0.25, -0.2) is 5.01 Å². The van der Waals surface area contributed by atoms with E-state index < -0.39 is 0 Å². The minimum Gasteiger partial charge on any atom is -0.290 e. The van der Waals surface area contributed by atoms with E-state index in [4.69, 9.17) is 0 Å². The summed E-state index contributed by atoms with van der Waals surface area (Å²) in [7, 11) is 2.08. The van der Waals surface area contributed by atoms with E-state index in [-0.39, 0.29) is 11.1 Å². The van der Waals surface area contributed by atoms with Crippen LogP contribution >= 0.6 is 0 Å². The van der Waals surface area contributed by atoms with Gasteiger partial charge in [0.15, 0.2) is 5.82 Å². The van der Waals surface area contributed by atoms with Gasteiger partial charge in [-0.15, -0.1) is 5.10 Å². The third-order valence-electron chi connectivity index (χ3n) is 3.91. The van der Waals surface area contributed by atoms with Crippen LogP contribution in [0.25, 0.3) is 0 Å². The molecule has 0 radical (unpaired) electrons. The van der Waals surface area contributed by atoms with Crippen LogP contribution in [0, 0.1) is 0 Å². The van der Waals surface area contributed by atoms with Gasteiger partial charge in [0.2, 0.25) is 0 Å². The maximum absolute atomic E-state index is 4.22. The van der Waals surface area contributed by atoms with Crippen LogP contribution in [0.3, 0.4) is 0 Å². The largest absolute Gasteiger partial charge is 0.290 e. The first-order valence-corrected chi connectivity index (χ1v) is 6.66. The Morgan fingerprint density at radius 2 is 1.78 bits per heavy atom. The minimum atomic E-state index is 0.147. The maximum atomic E-state index is 4.22. The molecule has 0 bridgehead atoms. The third-order valence-corrected chi connectivity index (χ3v) is 3.91. The molecule has 4 nitrogen and oxygen atoms in total. The monoisotopic (exact) mass is 248 g/mol. The normalized spacial score (nSPS) is 22.7. The number of anilines is 1. The predicted octanol–water partition coefficient (Wildman–Crippen LogP) is 2.87. The number of rotatable bonds is 2. The lowest BCUT2D eigenvalue weighted by atomic mass is 9.81. The molecule has 1 fully saturated rings. The molecular formula is C14H24N4. The van der Waals surface area contributed by atoms with E-state index in [1.807, 2.05) is 12.1 Å². The average Bonchev–Trinajstić information content (AvgIpc) is 2.27. The van der Waals surface area contributed by atoms with Gasteiger partial charge in [-0.1, -0.05) is 0 Å². The van der Waals surface area contributed by atoms with Gasteiger partial charge >= 0.3 is 0 Å². The van der Waals surface area contributed by atoms with Gasteiger partial charge in [-0.2, -0.15) is 5.10 Å². The summed E-state index contributed by atoms with van der Waals surface area (Å²) in [5, 5.41) is 12.8. The molecule has 2 rings (SSSR count). The van der Waals surface area contributed by atoms with Crippen molar-refractivity contribution < 1.29 is 0 Å². The number of piperidine rings is 1. The lowest BCUT2D eigenvalue weighted by Crippen LogP contribution is -2.64. The maximum Gasteiger partial charge on any atom is 0.165 e. The molecule has 4 heteroatoms. The highest BCUT2D eigenvalue weighted by Crippen LogP contribution is 2.39. The molecule has 18 heavy (non-hydrogen) atoms. The van der Waals surface area contributed by atoms with Crippen LogP contribution in [-0.2, 0) is 0 Å². The van der Waals surface area contributed by atoms with Gasteiger partial charge in [-0.05, 0) is 59.1 Å². The van der Waals surface area contributed by atoms with Gasteiger partial charge in [0.25, 0.3) is 0 Å². The van der Waals surface area contributed by atoms with E-state index in [1.165, 1.54) is 19.3 Å². The van der Waals surface area contributed by atoms with Crippen molar-refractivity contribution in [3.8, 4) is 0 Å². The highest BCUT2D eigenvalue weighted by molar-refractivity contribution is 5.35. The number of nitrogens with zero attached hydrogens (tertiary/aromatic N) is 4. The molecule has 0 unspecified atom stereocenters. The zero-order valence-corrected chi connectivity index (χ0v) is 12.1. The van der Waals surface area contributed by atoms with Crippen molar-refractivity contribution in [2.45, 2.75) is 58.0 Å². The first-order valence-electron chi connectivity index (χ1n) is 6.66. The van der Waals surface area contributed by atoms with Crippen LogP contribution in [0.2, 0.25) is 0 Å². The van der Waals surface area contributed by atoms with Crippen LogP contribution < -0.4 is 5.01 Å². The van der Waals surface area contributed by atoms with Crippen molar-refractivity contribution in [1.29, 1.82) is 0 Å². The molecule has 0 amide bonds. The molecule has 1 saturated heterocycles. The first kappa shape index (κ1) is 13.3. The second-order valence-corrected chi connectivity index (χ2v) is 6.40. The minimum absolute atomic E-state index is 0.147. The van der Waals surface area contributed by atoms with E-state index >= 15 is 0 Å². The molecule has 0 spiro atoms. The second kappa shape index (κ2) is 4.50. The molecule has 0 atom stereocenters. The molecule has 0 N–H and O–H groups in total. The quantitative estimate of drug-likeness (QED) is 0.805. The Balaban J connectivity index is 2.34.